The first-order valence-electron chi connectivity index (χ1n) is 7.49. The lowest BCUT2D eigenvalue weighted by atomic mass is 9.86. The molecule has 0 aliphatic carbocycles. The van der Waals surface area contributed by atoms with Crippen molar-refractivity contribution in [3.63, 3.8) is 0 Å². The molecule has 0 fully saturated rings. The van der Waals surface area contributed by atoms with Gasteiger partial charge in [-0.15, -0.1) is 0 Å². The highest BCUT2D eigenvalue weighted by atomic mass is 79.9. The van der Waals surface area contributed by atoms with Crippen LogP contribution in [0.15, 0.2) is 24.3 Å². The van der Waals surface area contributed by atoms with Crippen LogP contribution in [-0.2, 0) is 6.42 Å². The second-order valence-corrected chi connectivity index (χ2v) is 6.15. The predicted molar refractivity (Wildman–Crippen MR) is 85.3 cm³/mol. The maximum atomic E-state index is 13.2. The number of alkyl halides is 1. The summed E-state index contributed by atoms with van der Waals surface area (Å²) in [6.45, 7) is 4.54. The molecular formula is C17H26BrF. The van der Waals surface area contributed by atoms with E-state index in [-0.39, 0.29) is 5.82 Å². The van der Waals surface area contributed by atoms with Crippen molar-refractivity contribution in [2.45, 2.75) is 52.4 Å². The van der Waals surface area contributed by atoms with Crippen molar-refractivity contribution in [2.75, 3.05) is 5.33 Å². The molecule has 0 saturated heterocycles. The van der Waals surface area contributed by atoms with Crippen LogP contribution in [0.4, 0.5) is 4.39 Å². The molecule has 1 aromatic carbocycles. The number of hydrogen-bond acceptors (Lipinski definition) is 0. The van der Waals surface area contributed by atoms with E-state index >= 15 is 0 Å². The van der Waals surface area contributed by atoms with Crippen LogP contribution in [0.2, 0.25) is 0 Å². The van der Waals surface area contributed by atoms with Gasteiger partial charge in [0.2, 0.25) is 0 Å². The third kappa shape index (κ3) is 6.56. The first-order chi connectivity index (χ1) is 9.19. The van der Waals surface area contributed by atoms with Crippen molar-refractivity contribution < 1.29 is 4.39 Å². The van der Waals surface area contributed by atoms with Crippen LogP contribution in [0.5, 0.6) is 0 Å². The van der Waals surface area contributed by atoms with Gasteiger partial charge in [0.25, 0.3) is 0 Å². The van der Waals surface area contributed by atoms with Gasteiger partial charge in [-0.25, -0.2) is 4.39 Å². The van der Waals surface area contributed by atoms with Gasteiger partial charge in [-0.05, 0) is 42.4 Å². The lowest BCUT2D eigenvalue weighted by molar-refractivity contribution is 0.355. The Kier molecular flexibility index (Phi) is 8.36. The van der Waals surface area contributed by atoms with Crippen molar-refractivity contribution in [3.8, 4) is 0 Å². The Morgan fingerprint density at radius 1 is 1.21 bits per heavy atom. The molecule has 2 atom stereocenters. The highest BCUT2D eigenvalue weighted by Gasteiger charge is 2.15. The summed E-state index contributed by atoms with van der Waals surface area (Å²) in [6, 6.07) is 7.03. The van der Waals surface area contributed by atoms with Gasteiger partial charge < -0.3 is 0 Å². The van der Waals surface area contributed by atoms with Gasteiger partial charge in [0.1, 0.15) is 5.82 Å². The van der Waals surface area contributed by atoms with E-state index in [1.54, 1.807) is 6.07 Å². The first-order valence-corrected chi connectivity index (χ1v) is 8.62. The molecule has 0 aromatic heterocycles. The summed E-state index contributed by atoms with van der Waals surface area (Å²) in [6.07, 6.45) is 7.42. The topological polar surface area (TPSA) is 0 Å². The molecule has 0 aliphatic heterocycles. The summed E-state index contributed by atoms with van der Waals surface area (Å²) < 4.78 is 13.2. The Bertz CT molecular complexity index is 351. The van der Waals surface area contributed by atoms with Crippen molar-refractivity contribution >= 4 is 15.9 Å². The molecule has 0 saturated carbocycles. The minimum absolute atomic E-state index is 0.121. The number of hydrogen-bond donors (Lipinski definition) is 0. The zero-order valence-corrected chi connectivity index (χ0v) is 13.8. The van der Waals surface area contributed by atoms with E-state index < -0.39 is 0 Å². The summed E-state index contributed by atoms with van der Waals surface area (Å²) in [5, 5.41) is 1.01. The minimum Gasteiger partial charge on any atom is -0.207 e. The minimum atomic E-state index is -0.121. The number of rotatable bonds is 9. The van der Waals surface area contributed by atoms with Crippen LogP contribution in [0.1, 0.15) is 51.5 Å². The molecule has 0 amide bonds. The molecule has 1 rings (SSSR count). The fourth-order valence-electron chi connectivity index (χ4n) is 2.65. The van der Waals surface area contributed by atoms with Gasteiger partial charge in [-0.2, -0.15) is 0 Å². The van der Waals surface area contributed by atoms with E-state index in [1.807, 2.05) is 12.1 Å². The van der Waals surface area contributed by atoms with Crippen molar-refractivity contribution in [3.05, 3.63) is 35.6 Å². The summed E-state index contributed by atoms with van der Waals surface area (Å²) >= 11 is 3.62. The zero-order chi connectivity index (χ0) is 14.1. The van der Waals surface area contributed by atoms with Crippen LogP contribution in [-0.4, -0.2) is 5.33 Å². The highest BCUT2D eigenvalue weighted by Crippen LogP contribution is 2.25. The molecule has 0 heterocycles. The monoisotopic (exact) mass is 328 g/mol. The normalized spacial score (nSPS) is 14.3. The van der Waals surface area contributed by atoms with Crippen LogP contribution >= 0.6 is 15.9 Å². The van der Waals surface area contributed by atoms with E-state index in [0.717, 1.165) is 23.2 Å². The van der Waals surface area contributed by atoms with Crippen molar-refractivity contribution in [1.82, 2.24) is 0 Å². The predicted octanol–water partition coefficient (Wildman–Crippen LogP) is 5.99. The molecule has 108 valence electrons. The van der Waals surface area contributed by atoms with Crippen LogP contribution in [0.25, 0.3) is 0 Å². The average Bonchev–Trinajstić information content (AvgIpc) is 2.42. The average molecular weight is 329 g/mol. The Labute approximate surface area is 125 Å². The second-order valence-electron chi connectivity index (χ2n) is 5.51. The molecule has 0 radical (unpaired) electrons. The van der Waals surface area contributed by atoms with E-state index in [2.05, 4.69) is 29.8 Å². The summed E-state index contributed by atoms with van der Waals surface area (Å²) in [4.78, 5) is 0. The lowest BCUT2D eigenvalue weighted by Gasteiger charge is -2.21. The number of halogens is 2. The molecule has 0 aliphatic rings. The smallest absolute Gasteiger partial charge is 0.123 e. The Balaban J connectivity index is 2.52. The van der Waals surface area contributed by atoms with Gasteiger partial charge in [-0.3, -0.25) is 0 Å². The van der Waals surface area contributed by atoms with Crippen LogP contribution in [0.3, 0.4) is 0 Å². The molecule has 0 N–H and O–H groups in total. The standard InChI is InChI=1S/C17H26BrF/c1-3-5-7-14(4-2)10-16(13-18)11-15-8-6-9-17(19)12-15/h6,8-9,12,14,16H,3-5,7,10-11,13H2,1-2H3. The fraction of sp³-hybridized carbons (Fsp3) is 0.647. The Morgan fingerprint density at radius 2 is 2.00 bits per heavy atom. The second kappa shape index (κ2) is 9.52. The van der Waals surface area contributed by atoms with Crippen LogP contribution < -0.4 is 0 Å². The molecule has 2 heteroatoms. The third-order valence-corrected chi connectivity index (χ3v) is 4.76. The zero-order valence-electron chi connectivity index (χ0n) is 12.2. The summed E-state index contributed by atoms with van der Waals surface area (Å²) in [7, 11) is 0. The van der Waals surface area contributed by atoms with Gasteiger partial charge in [0, 0.05) is 5.33 Å². The quantitative estimate of drug-likeness (QED) is 0.488. The molecule has 1 aromatic rings. The van der Waals surface area contributed by atoms with Crippen molar-refractivity contribution in [1.29, 1.82) is 0 Å². The number of benzene rings is 1. The lowest BCUT2D eigenvalue weighted by Crippen LogP contribution is -2.13. The molecular weight excluding hydrogens is 303 g/mol. The highest BCUT2D eigenvalue weighted by molar-refractivity contribution is 9.09. The van der Waals surface area contributed by atoms with E-state index in [1.165, 1.54) is 38.2 Å². The molecule has 19 heavy (non-hydrogen) atoms. The molecule has 0 nitrogen and oxygen atoms in total. The van der Waals surface area contributed by atoms with Gasteiger partial charge in [-0.1, -0.05) is 67.6 Å². The Hall–Kier alpha value is -0.370. The van der Waals surface area contributed by atoms with Crippen molar-refractivity contribution in [2.24, 2.45) is 11.8 Å². The third-order valence-electron chi connectivity index (χ3n) is 3.84. The summed E-state index contributed by atoms with van der Waals surface area (Å²) in [5.41, 5.74) is 1.12. The van der Waals surface area contributed by atoms with E-state index in [9.17, 15) is 4.39 Å². The van der Waals surface area contributed by atoms with E-state index in [4.69, 9.17) is 0 Å². The molecule has 0 bridgehead atoms. The molecule has 0 spiro atoms. The van der Waals surface area contributed by atoms with Gasteiger partial charge in [0.15, 0.2) is 0 Å². The van der Waals surface area contributed by atoms with E-state index in [0.29, 0.717) is 5.92 Å². The summed E-state index contributed by atoms with van der Waals surface area (Å²) in [5.74, 6) is 1.31. The SMILES string of the molecule is CCCCC(CC)CC(CBr)Cc1cccc(F)c1. The Morgan fingerprint density at radius 3 is 2.58 bits per heavy atom. The molecule has 2 unspecified atom stereocenters. The largest absolute Gasteiger partial charge is 0.207 e. The van der Waals surface area contributed by atoms with Crippen LogP contribution in [0, 0.1) is 17.7 Å². The van der Waals surface area contributed by atoms with Gasteiger partial charge >= 0.3 is 0 Å². The maximum Gasteiger partial charge on any atom is 0.123 e. The first kappa shape index (κ1) is 16.7. The van der Waals surface area contributed by atoms with Gasteiger partial charge in [0.05, 0.1) is 0 Å². The maximum absolute atomic E-state index is 13.2. The number of unbranched alkanes of at least 4 members (excludes halogenated alkanes) is 1. The fourth-order valence-corrected chi connectivity index (χ4v) is 3.14.